The van der Waals surface area contributed by atoms with Crippen LogP contribution in [0.1, 0.15) is 44.0 Å². The monoisotopic (exact) mass is 249 g/mol. The third kappa shape index (κ3) is 2.79. The smallest absolute Gasteiger partial charge is 0.327 e. The summed E-state index contributed by atoms with van der Waals surface area (Å²) in [6.07, 6.45) is 4.76. The molecule has 5 nitrogen and oxygen atoms in total. The minimum Gasteiger partial charge on any atom is -0.480 e. The van der Waals surface area contributed by atoms with Crippen molar-refractivity contribution in [2.75, 3.05) is 6.54 Å². The van der Waals surface area contributed by atoms with Gasteiger partial charge >= 0.3 is 5.97 Å². The molecule has 2 rings (SSSR count). The second-order valence-electron chi connectivity index (χ2n) is 5.66. The number of H-pyrrole nitrogens is 1. The van der Waals surface area contributed by atoms with Gasteiger partial charge in [0.2, 0.25) is 0 Å². The molecule has 0 amide bonds. The van der Waals surface area contributed by atoms with E-state index in [1.165, 1.54) is 0 Å². The van der Waals surface area contributed by atoms with Crippen molar-refractivity contribution in [1.82, 2.24) is 15.3 Å². The van der Waals surface area contributed by atoms with Crippen molar-refractivity contribution in [3.05, 3.63) is 23.3 Å². The Kier molecular flexibility index (Phi) is 3.26. The van der Waals surface area contributed by atoms with Gasteiger partial charge in [0.25, 0.3) is 0 Å². The lowest BCUT2D eigenvalue weighted by Crippen LogP contribution is -2.35. The minimum absolute atomic E-state index is 0.0811. The lowest BCUT2D eigenvalue weighted by Gasteiger charge is -2.18. The van der Waals surface area contributed by atoms with Crippen LogP contribution in [0, 0.1) is 5.41 Å². The van der Waals surface area contributed by atoms with Crippen molar-refractivity contribution in [2.45, 2.75) is 33.2 Å². The molecular formula is C13H19N3O2. The summed E-state index contributed by atoms with van der Waals surface area (Å²) in [7, 11) is 0. The molecular weight excluding hydrogens is 230 g/mol. The van der Waals surface area contributed by atoms with Crippen LogP contribution in [0.25, 0.3) is 6.08 Å². The van der Waals surface area contributed by atoms with Gasteiger partial charge in [-0.2, -0.15) is 0 Å². The van der Waals surface area contributed by atoms with E-state index in [1.807, 2.05) is 6.08 Å². The second kappa shape index (κ2) is 4.57. The predicted octanol–water partition coefficient (Wildman–Crippen LogP) is 1.74. The predicted molar refractivity (Wildman–Crippen MR) is 69.2 cm³/mol. The summed E-state index contributed by atoms with van der Waals surface area (Å²) in [4.78, 5) is 18.7. The zero-order chi connectivity index (χ0) is 13.3. The lowest BCUT2D eigenvalue weighted by molar-refractivity contribution is -0.139. The van der Waals surface area contributed by atoms with E-state index in [0.29, 0.717) is 12.2 Å². The number of fused-ring (bicyclic) bond motifs is 1. The molecule has 5 heteroatoms. The van der Waals surface area contributed by atoms with Crippen LogP contribution in [0.5, 0.6) is 0 Å². The number of carboxylic acids is 1. The average molecular weight is 249 g/mol. The van der Waals surface area contributed by atoms with Gasteiger partial charge in [0.15, 0.2) is 6.04 Å². The summed E-state index contributed by atoms with van der Waals surface area (Å²) in [5.41, 5.74) is 1.62. The molecule has 0 aliphatic carbocycles. The SMILES string of the molecule is CC(C)(C)/C=C/c1nc2c([nH]1)CCN[C@H]2C(=O)O. The van der Waals surface area contributed by atoms with Crippen LogP contribution in [-0.4, -0.2) is 27.6 Å². The number of carboxylic acid groups (broad SMARTS) is 1. The Morgan fingerprint density at radius 2 is 2.22 bits per heavy atom. The first kappa shape index (κ1) is 12.8. The molecule has 1 aromatic heterocycles. The molecule has 0 radical (unpaired) electrons. The van der Waals surface area contributed by atoms with Crippen molar-refractivity contribution in [3.8, 4) is 0 Å². The van der Waals surface area contributed by atoms with E-state index in [0.717, 1.165) is 17.9 Å². The summed E-state index contributed by atoms with van der Waals surface area (Å²) in [6, 6.07) is -0.693. The first-order valence-electron chi connectivity index (χ1n) is 6.11. The van der Waals surface area contributed by atoms with E-state index < -0.39 is 12.0 Å². The van der Waals surface area contributed by atoms with Gasteiger partial charge in [0, 0.05) is 18.7 Å². The summed E-state index contributed by atoms with van der Waals surface area (Å²) < 4.78 is 0. The Hall–Kier alpha value is -1.62. The van der Waals surface area contributed by atoms with Crippen LogP contribution >= 0.6 is 0 Å². The largest absolute Gasteiger partial charge is 0.480 e. The van der Waals surface area contributed by atoms with Crippen molar-refractivity contribution in [2.24, 2.45) is 5.41 Å². The molecule has 98 valence electrons. The zero-order valence-electron chi connectivity index (χ0n) is 10.9. The fraction of sp³-hybridized carbons (Fsp3) is 0.538. The van der Waals surface area contributed by atoms with E-state index in [9.17, 15) is 4.79 Å². The summed E-state index contributed by atoms with van der Waals surface area (Å²) in [6.45, 7) is 6.98. The summed E-state index contributed by atoms with van der Waals surface area (Å²) in [5, 5.41) is 12.1. The maximum atomic E-state index is 11.1. The van der Waals surface area contributed by atoms with Crippen LogP contribution in [0.2, 0.25) is 0 Å². The van der Waals surface area contributed by atoms with Gasteiger partial charge in [-0.25, -0.2) is 4.98 Å². The highest BCUT2D eigenvalue weighted by Gasteiger charge is 2.28. The van der Waals surface area contributed by atoms with E-state index in [4.69, 9.17) is 5.11 Å². The number of allylic oxidation sites excluding steroid dienone is 1. The highest BCUT2D eigenvalue weighted by molar-refractivity contribution is 5.75. The van der Waals surface area contributed by atoms with Crippen LogP contribution in [0.3, 0.4) is 0 Å². The number of nitrogens with one attached hydrogen (secondary N) is 2. The molecule has 0 saturated heterocycles. The Morgan fingerprint density at radius 1 is 1.50 bits per heavy atom. The van der Waals surface area contributed by atoms with E-state index in [1.54, 1.807) is 0 Å². The fourth-order valence-corrected chi connectivity index (χ4v) is 1.92. The highest BCUT2D eigenvalue weighted by Crippen LogP contribution is 2.22. The molecule has 1 aromatic rings. The number of imidazole rings is 1. The van der Waals surface area contributed by atoms with Crippen molar-refractivity contribution < 1.29 is 9.90 Å². The van der Waals surface area contributed by atoms with Crippen molar-refractivity contribution in [3.63, 3.8) is 0 Å². The van der Waals surface area contributed by atoms with Gasteiger partial charge in [-0.1, -0.05) is 26.8 Å². The average Bonchev–Trinajstić information content (AvgIpc) is 2.67. The van der Waals surface area contributed by atoms with E-state index in [-0.39, 0.29) is 5.41 Å². The van der Waals surface area contributed by atoms with Crippen molar-refractivity contribution >= 4 is 12.0 Å². The number of nitrogens with zero attached hydrogens (tertiary/aromatic N) is 1. The molecule has 3 N–H and O–H groups in total. The third-order valence-electron chi connectivity index (χ3n) is 2.81. The van der Waals surface area contributed by atoms with Gasteiger partial charge < -0.3 is 10.1 Å². The molecule has 0 bridgehead atoms. The van der Waals surface area contributed by atoms with Crippen LogP contribution in [0.15, 0.2) is 6.08 Å². The van der Waals surface area contributed by atoms with Crippen LogP contribution in [-0.2, 0) is 11.2 Å². The third-order valence-corrected chi connectivity index (χ3v) is 2.81. The number of aliphatic carboxylic acids is 1. The van der Waals surface area contributed by atoms with Gasteiger partial charge in [-0.3, -0.25) is 10.1 Å². The molecule has 0 fully saturated rings. The molecule has 1 aliphatic rings. The summed E-state index contributed by atoms with van der Waals surface area (Å²) >= 11 is 0. The van der Waals surface area contributed by atoms with Gasteiger partial charge in [0.05, 0.1) is 5.69 Å². The Labute approximate surface area is 106 Å². The Balaban J connectivity index is 2.27. The fourth-order valence-electron chi connectivity index (χ4n) is 1.92. The van der Waals surface area contributed by atoms with E-state index >= 15 is 0 Å². The molecule has 2 heterocycles. The molecule has 0 unspecified atom stereocenters. The first-order chi connectivity index (χ1) is 8.37. The molecule has 18 heavy (non-hydrogen) atoms. The van der Waals surface area contributed by atoms with Crippen LogP contribution in [0.4, 0.5) is 0 Å². The quantitative estimate of drug-likeness (QED) is 0.746. The molecule has 0 spiro atoms. The molecule has 0 aromatic carbocycles. The Bertz CT molecular complexity index is 483. The van der Waals surface area contributed by atoms with E-state index in [2.05, 4.69) is 42.1 Å². The number of carbonyl (C=O) groups is 1. The molecule has 0 saturated carbocycles. The standard InChI is InChI=1S/C13H19N3O2/c1-13(2,3)6-4-9-15-8-5-7-14-11(12(17)18)10(8)16-9/h4,6,11,14H,5,7H2,1-3H3,(H,15,16)(H,17,18)/b6-4+/t11-/m1/s1. The molecule has 1 atom stereocenters. The van der Waals surface area contributed by atoms with Gasteiger partial charge in [-0.15, -0.1) is 0 Å². The van der Waals surface area contributed by atoms with Crippen LogP contribution < -0.4 is 5.32 Å². The van der Waals surface area contributed by atoms with Gasteiger partial charge in [0.1, 0.15) is 5.82 Å². The number of aromatic amines is 1. The lowest BCUT2D eigenvalue weighted by atomic mass is 9.96. The second-order valence-corrected chi connectivity index (χ2v) is 5.66. The number of hydrogen-bond donors (Lipinski definition) is 3. The van der Waals surface area contributed by atoms with Crippen molar-refractivity contribution in [1.29, 1.82) is 0 Å². The highest BCUT2D eigenvalue weighted by atomic mass is 16.4. The summed E-state index contributed by atoms with van der Waals surface area (Å²) in [5.74, 6) is -0.154. The van der Waals surface area contributed by atoms with Gasteiger partial charge in [-0.05, 0) is 11.5 Å². The molecule has 1 aliphatic heterocycles. The maximum absolute atomic E-state index is 11.1. The number of hydrogen-bond acceptors (Lipinski definition) is 3. The first-order valence-corrected chi connectivity index (χ1v) is 6.11. The minimum atomic E-state index is -0.881. The topological polar surface area (TPSA) is 78.0 Å². The maximum Gasteiger partial charge on any atom is 0.327 e. The normalized spacial score (nSPS) is 20.1. The zero-order valence-corrected chi connectivity index (χ0v) is 10.9. The number of rotatable bonds is 2. The number of aromatic nitrogens is 2. The Morgan fingerprint density at radius 3 is 2.83 bits per heavy atom.